The third-order valence-corrected chi connectivity index (χ3v) is 4.95. The number of aliphatic imine (C=N–C) groups is 1. The van der Waals surface area contributed by atoms with Crippen molar-refractivity contribution in [1.29, 1.82) is 0 Å². The van der Waals surface area contributed by atoms with E-state index in [9.17, 15) is 9.18 Å². The maximum absolute atomic E-state index is 13.1. The minimum absolute atomic E-state index is 0.0127. The van der Waals surface area contributed by atoms with Crippen molar-refractivity contribution in [3.05, 3.63) is 70.4 Å². The average molecular weight is 384 g/mol. The molecule has 0 radical (unpaired) electrons. The van der Waals surface area contributed by atoms with Crippen LogP contribution in [0.4, 0.5) is 10.1 Å². The summed E-state index contributed by atoms with van der Waals surface area (Å²) < 4.78 is 13.1. The van der Waals surface area contributed by atoms with Crippen LogP contribution in [-0.2, 0) is 11.4 Å². The molecule has 1 amide bonds. The quantitative estimate of drug-likeness (QED) is 0.768. The van der Waals surface area contributed by atoms with Crippen molar-refractivity contribution in [1.82, 2.24) is 4.90 Å². The zero-order chi connectivity index (χ0) is 19.4. The van der Waals surface area contributed by atoms with E-state index >= 15 is 0 Å². The van der Waals surface area contributed by atoms with E-state index in [1.54, 1.807) is 17.0 Å². The lowest BCUT2D eigenvalue weighted by Gasteiger charge is -2.17. The third-order valence-electron chi connectivity index (χ3n) is 3.95. The summed E-state index contributed by atoms with van der Waals surface area (Å²) in [6.07, 6.45) is 1.83. The van der Waals surface area contributed by atoms with Crippen molar-refractivity contribution in [2.45, 2.75) is 20.5 Å². The number of hydrogen-bond acceptors (Lipinski definition) is 4. The number of amides is 1. The number of aliphatic hydroxyl groups excluding tert-OH is 1. The van der Waals surface area contributed by atoms with Gasteiger partial charge in [0, 0.05) is 6.54 Å². The van der Waals surface area contributed by atoms with Gasteiger partial charge >= 0.3 is 0 Å². The molecule has 0 atom stereocenters. The molecule has 1 N–H and O–H groups in total. The van der Waals surface area contributed by atoms with Crippen molar-refractivity contribution in [3.63, 3.8) is 0 Å². The Labute approximate surface area is 162 Å². The minimum Gasteiger partial charge on any atom is -0.392 e. The molecule has 0 saturated carbocycles. The van der Waals surface area contributed by atoms with Gasteiger partial charge in [-0.25, -0.2) is 9.38 Å². The highest BCUT2D eigenvalue weighted by Crippen LogP contribution is 2.34. The first-order valence-corrected chi connectivity index (χ1v) is 9.53. The Morgan fingerprint density at radius 3 is 2.41 bits per heavy atom. The van der Waals surface area contributed by atoms with E-state index in [1.165, 1.54) is 23.9 Å². The van der Waals surface area contributed by atoms with Crippen LogP contribution in [0.25, 0.3) is 6.08 Å². The van der Waals surface area contributed by atoms with Crippen LogP contribution in [0.5, 0.6) is 0 Å². The van der Waals surface area contributed by atoms with Crippen LogP contribution >= 0.6 is 11.8 Å². The number of thioether (sulfide) groups is 1. The van der Waals surface area contributed by atoms with E-state index in [2.05, 4.69) is 4.99 Å². The second-order valence-corrected chi connectivity index (χ2v) is 7.70. The molecule has 1 aliphatic heterocycles. The minimum atomic E-state index is -0.319. The van der Waals surface area contributed by atoms with Gasteiger partial charge in [-0.1, -0.05) is 38.1 Å². The molecule has 0 unspecified atom stereocenters. The first-order valence-electron chi connectivity index (χ1n) is 8.71. The SMILES string of the molecule is CC(C)CN1C(=O)C(=Cc2ccc(CO)cc2)SC1=Nc1ccc(F)cc1. The number of benzene rings is 2. The standard InChI is InChI=1S/C21H21FN2O2S/c1-14(2)12-24-20(26)19(11-15-3-5-16(13-25)6-4-15)27-21(24)23-18-9-7-17(22)8-10-18/h3-11,14,25H,12-13H2,1-2H3. The number of carbonyl (C=O) groups is 1. The number of nitrogens with zero attached hydrogens (tertiary/aromatic N) is 2. The van der Waals surface area contributed by atoms with Crippen LogP contribution in [0, 0.1) is 11.7 Å². The lowest BCUT2D eigenvalue weighted by Crippen LogP contribution is -2.32. The van der Waals surface area contributed by atoms with Crippen LogP contribution in [0.3, 0.4) is 0 Å². The Kier molecular flexibility index (Phi) is 6.08. The molecule has 1 fully saturated rings. The van der Waals surface area contributed by atoms with E-state index in [4.69, 9.17) is 5.11 Å². The predicted molar refractivity (Wildman–Crippen MR) is 108 cm³/mol. The summed E-state index contributed by atoms with van der Waals surface area (Å²) in [5, 5.41) is 9.74. The zero-order valence-corrected chi connectivity index (χ0v) is 16.0. The topological polar surface area (TPSA) is 52.9 Å². The fraction of sp³-hybridized carbons (Fsp3) is 0.238. The molecule has 2 aromatic carbocycles. The van der Waals surface area contributed by atoms with Crippen molar-refractivity contribution in [2.75, 3.05) is 6.54 Å². The number of hydrogen-bond donors (Lipinski definition) is 1. The van der Waals surface area contributed by atoms with Crippen LogP contribution in [-0.4, -0.2) is 27.6 Å². The van der Waals surface area contributed by atoms with E-state index in [0.29, 0.717) is 22.3 Å². The third kappa shape index (κ3) is 4.84. The van der Waals surface area contributed by atoms with Gasteiger partial charge in [0.1, 0.15) is 5.82 Å². The molecule has 0 aliphatic carbocycles. The highest BCUT2D eigenvalue weighted by molar-refractivity contribution is 8.18. The molecular weight excluding hydrogens is 363 g/mol. The summed E-state index contributed by atoms with van der Waals surface area (Å²) in [4.78, 5) is 19.7. The van der Waals surface area contributed by atoms with Gasteiger partial charge < -0.3 is 5.11 Å². The molecule has 6 heteroatoms. The van der Waals surface area contributed by atoms with E-state index in [1.807, 2.05) is 44.2 Å². The van der Waals surface area contributed by atoms with Crippen molar-refractivity contribution < 1.29 is 14.3 Å². The van der Waals surface area contributed by atoms with Crippen molar-refractivity contribution in [2.24, 2.45) is 10.9 Å². The molecule has 0 bridgehead atoms. The fourth-order valence-corrected chi connectivity index (χ4v) is 3.62. The highest BCUT2D eigenvalue weighted by atomic mass is 32.2. The lowest BCUT2D eigenvalue weighted by molar-refractivity contribution is -0.122. The molecule has 27 heavy (non-hydrogen) atoms. The molecule has 0 spiro atoms. The second kappa shape index (κ2) is 8.50. The first-order chi connectivity index (χ1) is 13.0. The van der Waals surface area contributed by atoms with Gasteiger partial charge in [-0.2, -0.15) is 0 Å². The van der Waals surface area contributed by atoms with Gasteiger partial charge in [0.15, 0.2) is 5.17 Å². The summed E-state index contributed by atoms with van der Waals surface area (Å²) in [5.74, 6) is -0.114. The Morgan fingerprint density at radius 1 is 1.15 bits per heavy atom. The highest BCUT2D eigenvalue weighted by Gasteiger charge is 2.33. The Hall–Kier alpha value is -2.44. The van der Waals surface area contributed by atoms with E-state index < -0.39 is 0 Å². The van der Waals surface area contributed by atoms with Gasteiger partial charge in [-0.15, -0.1) is 0 Å². The number of halogens is 1. The van der Waals surface area contributed by atoms with Crippen LogP contribution in [0.15, 0.2) is 58.4 Å². The smallest absolute Gasteiger partial charge is 0.266 e. The van der Waals surface area contributed by atoms with Gasteiger partial charge in [-0.05, 0) is 59.1 Å². The van der Waals surface area contributed by atoms with Crippen LogP contribution in [0.1, 0.15) is 25.0 Å². The summed E-state index contributed by atoms with van der Waals surface area (Å²) in [6, 6.07) is 13.3. The number of aliphatic hydroxyl groups is 1. The normalized spacial score (nSPS) is 17.5. The van der Waals surface area contributed by atoms with Gasteiger partial charge in [0.2, 0.25) is 0 Å². The molecule has 3 rings (SSSR count). The second-order valence-electron chi connectivity index (χ2n) is 6.69. The summed E-state index contributed by atoms with van der Waals surface area (Å²) >= 11 is 1.32. The molecule has 1 aliphatic rings. The number of rotatable bonds is 5. The monoisotopic (exact) mass is 384 g/mol. The summed E-state index contributed by atoms with van der Waals surface area (Å²) in [5.41, 5.74) is 2.31. The Bertz CT molecular complexity index is 874. The molecule has 0 aromatic heterocycles. The Balaban J connectivity index is 1.91. The van der Waals surface area contributed by atoms with Gasteiger partial charge in [0.05, 0.1) is 17.2 Å². The van der Waals surface area contributed by atoms with Crippen LogP contribution < -0.4 is 0 Å². The molecule has 140 valence electrons. The maximum Gasteiger partial charge on any atom is 0.266 e. The fourth-order valence-electron chi connectivity index (χ4n) is 2.61. The largest absolute Gasteiger partial charge is 0.392 e. The molecule has 1 saturated heterocycles. The van der Waals surface area contributed by atoms with Crippen molar-refractivity contribution >= 4 is 34.6 Å². The van der Waals surface area contributed by atoms with Crippen LogP contribution in [0.2, 0.25) is 0 Å². The molecular formula is C21H21FN2O2S. The number of carbonyl (C=O) groups excluding carboxylic acids is 1. The van der Waals surface area contributed by atoms with Gasteiger partial charge in [-0.3, -0.25) is 9.69 Å². The molecule has 4 nitrogen and oxygen atoms in total. The van der Waals surface area contributed by atoms with Gasteiger partial charge in [0.25, 0.3) is 5.91 Å². The zero-order valence-electron chi connectivity index (χ0n) is 15.2. The molecule has 1 heterocycles. The molecule has 2 aromatic rings. The predicted octanol–water partition coefficient (Wildman–Crippen LogP) is 4.58. The Morgan fingerprint density at radius 2 is 1.81 bits per heavy atom. The average Bonchev–Trinajstić information content (AvgIpc) is 2.92. The van der Waals surface area contributed by atoms with E-state index in [-0.39, 0.29) is 24.2 Å². The van der Waals surface area contributed by atoms with Crippen molar-refractivity contribution in [3.8, 4) is 0 Å². The lowest BCUT2D eigenvalue weighted by atomic mass is 10.1. The maximum atomic E-state index is 13.1. The number of amidine groups is 1. The summed E-state index contributed by atoms with van der Waals surface area (Å²) in [7, 11) is 0. The first kappa shape index (κ1) is 19.3. The summed E-state index contributed by atoms with van der Waals surface area (Å²) in [6.45, 7) is 4.64. The van der Waals surface area contributed by atoms with E-state index in [0.717, 1.165) is 11.1 Å².